The van der Waals surface area contributed by atoms with Gasteiger partial charge in [-0.05, 0) is 41.0 Å². The van der Waals surface area contributed by atoms with E-state index >= 15 is 0 Å². The zero-order chi connectivity index (χ0) is 16.8. The van der Waals surface area contributed by atoms with Crippen molar-refractivity contribution in [2.45, 2.75) is 0 Å². The van der Waals surface area contributed by atoms with E-state index < -0.39 is 0 Å². The summed E-state index contributed by atoms with van der Waals surface area (Å²) < 4.78 is 13.0. The number of rotatable bonds is 4. The van der Waals surface area contributed by atoms with E-state index in [1.54, 1.807) is 24.3 Å². The van der Waals surface area contributed by atoms with E-state index in [1.807, 2.05) is 42.5 Å². The van der Waals surface area contributed by atoms with Crippen LogP contribution in [0.25, 0.3) is 11.1 Å². The van der Waals surface area contributed by atoms with E-state index in [1.165, 1.54) is 18.3 Å². The van der Waals surface area contributed by atoms with Gasteiger partial charge in [0.2, 0.25) is 0 Å². The van der Waals surface area contributed by atoms with Gasteiger partial charge in [-0.2, -0.15) is 5.10 Å². The molecule has 4 heteroatoms. The number of nitrogens with zero attached hydrogens (tertiary/aromatic N) is 1. The third kappa shape index (κ3) is 3.93. The van der Waals surface area contributed by atoms with Gasteiger partial charge in [0.1, 0.15) is 5.82 Å². The maximum absolute atomic E-state index is 13.0. The Labute approximate surface area is 139 Å². The Morgan fingerprint density at radius 2 is 1.58 bits per heavy atom. The zero-order valence-electron chi connectivity index (χ0n) is 12.8. The van der Waals surface area contributed by atoms with Crippen LogP contribution < -0.4 is 5.43 Å². The second-order valence-electron chi connectivity index (χ2n) is 5.20. The van der Waals surface area contributed by atoms with Gasteiger partial charge in [-0.25, -0.2) is 9.82 Å². The second kappa shape index (κ2) is 7.33. The summed E-state index contributed by atoms with van der Waals surface area (Å²) in [7, 11) is 0. The van der Waals surface area contributed by atoms with E-state index in [4.69, 9.17) is 0 Å². The summed E-state index contributed by atoms with van der Waals surface area (Å²) >= 11 is 0. The average Bonchev–Trinajstić information content (AvgIpc) is 2.63. The minimum Gasteiger partial charge on any atom is -0.267 e. The van der Waals surface area contributed by atoms with Crippen molar-refractivity contribution in [2.75, 3.05) is 0 Å². The highest BCUT2D eigenvalue weighted by Gasteiger charge is 2.04. The van der Waals surface area contributed by atoms with Crippen LogP contribution in [0.5, 0.6) is 0 Å². The molecule has 0 bridgehead atoms. The van der Waals surface area contributed by atoms with Crippen LogP contribution in [-0.4, -0.2) is 12.1 Å². The molecule has 0 spiro atoms. The number of carbonyl (C=O) groups excluding carboxylic acids is 1. The lowest BCUT2D eigenvalue weighted by Gasteiger charge is -2.03. The Morgan fingerprint density at radius 1 is 0.875 bits per heavy atom. The Balaban J connectivity index is 1.65. The van der Waals surface area contributed by atoms with Gasteiger partial charge in [-0.15, -0.1) is 0 Å². The first kappa shape index (κ1) is 15.6. The van der Waals surface area contributed by atoms with E-state index in [9.17, 15) is 9.18 Å². The largest absolute Gasteiger partial charge is 0.271 e. The molecule has 3 aromatic rings. The number of benzene rings is 3. The molecule has 118 valence electrons. The van der Waals surface area contributed by atoms with Gasteiger partial charge in [0.25, 0.3) is 5.91 Å². The van der Waals surface area contributed by atoms with Crippen LogP contribution in [0.15, 0.2) is 84.0 Å². The molecule has 0 saturated carbocycles. The van der Waals surface area contributed by atoms with Crippen LogP contribution in [0.1, 0.15) is 15.9 Å². The van der Waals surface area contributed by atoms with E-state index in [0.29, 0.717) is 11.1 Å². The smallest absolute Gasteiger partial charge is 0.267 e. The number of carbonyl (C=O) groups is 1. The standard InChI is InChI=1S/C20H15FN2O/c21-19-8-4-5-15(13-19)14-22-23-20(24)18-11-9-17(10-12-18)16-6-2-1-3-7-16/h1-14H,(H,23,24)/b22-14-. The molecule has 1 N–H and O–H groups in total. The van der Waals surface area contributed by atoms with E-state index in [-0.39, 0.29) is 11.7 Å². The Hall–Kier alpha value is -3.27. The predicted octanol–water partition coefficient (Wildman–Crippen LogP) is 4.26. The molecular formula is C20H15FN2O. The van der Waals surface area contributed by atoms with Crippen molar-refractivity contribution in [3.63, 3.8) is 0 Å². The summed E-state index contributed by atoms with van der Waals surface area (Å²) in [5, 5.41) is 3.85. The third-order valence-electron chi connectivity index (χ3n) is 3.48. The Bertz CT molecular complexity index is 858. The normalized spacial score (nSPS) is 10.7. The lowest BCUT2D eigenvalue weighted by molar-refractivity contribution is 0.0955. The highest BCUT2D eigenvalue weighted by molar-refractivity contribution is 5.95. The molecule has 24 heavy (non-hydrogen) atoms. The number of halogens is 1. The van der Waals surface area contributed by atoms with Gasteiger partial charge >= 0.3 is 0 Å². The maximum Gasteiger partial charge on any atom is 0.271 e. The second-order valence-corrected chi connectivity index (χ2v) is 5.20. The molecule has 0 atom stereocenters. The first-order valence-corrected chi connectivity index (χ1v) is 7.47. The molecule has 3 rings (SSSR count). The van der Waals surface area contributed by atoms with Gasteiger partial charge in [-0.3, -0.25) is 4.79 Å². The fourth-order valence-electron chi connectivity index (χ4n) is 2.26. The first-order chi connectivity index (χ1) is 11.7. The molecule has 0 unspecified atom stereocenters. The van der Waals surface area contributed by atoms with Crippen LogP contribution in [0.3, 0.4) is 0 Å². The SMILES string of the molecule is O=C(N/N=C\c1cccc(F)c1)c1ccc(-c2ccccc2)cc1. The van der Waals surface area contributed by atoms with Gasteiger partial charge in [0, 0.05) is 5.56 Å². The zero-order valence-corrected chi connectivity index (χ0v) is 12.8. The highest BCUT2D eigenvalue weighted by atomic mass is 19.1. The molecular weight excluding hydrogens is 303 g/mol. The molecule has 0 radical (unpaired) electrons. The highest BCUT2D eigenvalue weighted by Crippen LogP contribution is 2.19. The fourth-order valence-corrected chi connectivity index (χ4v) is 2.26. The minimum atomic E-state index is -0.346. The molecule has 0 fully saturated rings. The average molecular weight is 318 g/mol. The van der Waals surface area contributed by atoms with Crippen molar-refractivity contribution < 1.29 is 9.18 Å². The van der Waals surface area contributed by atoms with Crippen molar-refractivity contribution >= 4 is 12.1 Å². The van der Waals surface area contributed by atoms with Gasteiger partial charge in [0.05, 0.1) is 6.21 Å². The quantitative estimate of drug-likeness (QED) is 0.567. The fraction of sp³-hybridized carbons (Fsp3) is 0. The lowest BCUT2D eigenvalue weighted by atomic mass is 10.0. The van der Waals surface area contributed by atoms with E-state index in [0.717, 1.165) is 11.1 Å². The summed E-state index contributed by atoms with van der Waals surface area (Å²) in [6.07, 6.45) is 1.40. The van der Waals surface area contributed by atoms with Crippen molar-refractivity contribution in [1.82, 2.24) is 5.43 Å². The Morgan fingerprint density at radius 3 is 2.29 bits per heavy atom. The number of hydrogen-bond acceptors (Lipinski definition) is 2. The summed E-state index contributed by atoms with van der Waals surface area (Å²) in [6.45, 7) is 0. The molecule has 0 aliphatic rings. The van der Waals surface area contributed by atoms with Crippen LogP contribution in [0.4, 0.5) is 4.39 Å². The van der Waals surface area contributed by atoms with E-state index in [2.05, 4.69) is 10.5 Å². The number of hydrazone groups is 1. The summed E-state index contributed by atoms with van der Waals surface area (Å²) in [4.78, 5) is 12.1. The summed E-state index contributed by atoms with van der Waals surface area (Å²) in [6, 6.07) is 23.2. The predicted molar refractivity (Wildman–Crippen MR) is 93.3 cm³/mol. The third-order valence-corrected chi connectivity index (χ3v) is 3.48. The molecule has 0 aromatic heterocycles. The number of amides is 1. The van der Waals surface area contributed by atoms with Crippen LogP contribution in [0, 0.1) is 5.82 Å². The van der Waals surface area contributed by atoms with Crippen LogP contribution >= 0.6 is 0 Å². The topological polar surface area (TPSA) is 41.5 Å². The van der Waals surface area contributed by atoms with Gasteiger partial charge in [0.15, 0.2) is 0 Å². The minimum absolute atomic E-state index is 0.317. The molecule has 0 aliphatic carbocycles. The molecule has 1 amide bonds. The van der Waals surface area contributed by atoms with Crippen molar-refractivity contribution in [2.24, 2.45) is 5.10 Å². The molecule has 0 saturated heterocycles. The van der Waals surface area contributed by atoms with Crippen molar-refractivity contribution in [3.8, 4) is 11.1 Å². The number of hydrogen-bond donors (Lipinski definition) is 1. The van der Waals surface area contributed by atoms with Gasteiger partial charge in [-0.1, -0.05) is 54.6 Å². The van der Waals surface area contributed by atoms with Gasteiger partial charge < -0.3 is 0 Å². The summed E-state index contributed by atoms with van der Waals surface area (Å²) in [5.74, 6) is -0.663. The maximum atomic E-state index is 13.0. The molecule has 3 nitrogen and oxygen atoms in total. The number of nitrogens with one attached hydrogen (secondary N) is 1. The molecule has 0 heterocycles. The Kier molecular flexibility index (Phi) is 4.77. The van der Waals surface area contributed by atoms with Crippen LogP contribution in [0.2, 0.25) is 0 Å². The molecule has 0 aliphatic heterocycles. The lowest BCUT2D eigenvalue weighted by Crippen LogP contribution is -2.17. The molecule has 3 aromatic carbocycles. The monoisotopic (exact) mass is 318 g/mol. The van der Waals surface area contributed by atoms with Crippen molar-refractivity contribution in [3.05, 3.63) is 95.8 Å². The van der Waals surface area contributed by atoms with Crippen LogP contribution in [-0.2, 0) is 0 Å². The first-order valence-electron chi connectivity index (χ1n) is 7.47. The van der Waals surface area contributed by atoms with Crippen molar-refractivity contribution in [1.29, 1.82) is 0 Å². The summed E-state index contributed by atoms with van der Waals surface area (Å²) in [5.41, 5.74) is 5.65.